The van der Waals surface area contributed by atoms with Crippen LogP contribution in [-0.4, -0.2) is 36.4 Å². The molecule has 2 N–H and O–H groups in total. The smallest absolute Gasteiger partial charge is 0.251 e. The molecule has 1 fully saturated rings. The van der Waals surface area contributed by atoms with Crippen molar-refractivity contribution in [2.45, 2.75) is 32.3 Å². The lowest BCUT2D eigenvalue weighted by atomic mass is 10.0. The first-order valence-corrected chi connectivity index (χ1v) is 7.17. The van der Waals surface area contributed by atoms with Crippen molar-refractivity contribution < 1.29 is 14.6 Å². The molecule has 0 aromatic heterocycles. The van der Waals surface area contributed by atoms with Gasteiger partial charge in [0.2, 0.25) is 0 Å². The van der Waals surface area contributed by atoms with Gasteiger partial charge in [-0.3, -0.25) is 4.79 Å². The lowest BCUT2D eigenvalue weighted by Gasteiger charge is -2.23. The molecular weight excluding hydrogens is 266 g/mol. The van der Waals surface area contributed by atoms with Gasteiger partial charge in [0.05, 0.1) is 5.60 Å². The van der Waals surface area contributed by atoms with Gasteiger partial charge in [-0.2, -0.15) is 0 Å². The van der Waals surface area contributed by atoms with E-state index in [4.69, 9.17) is 9.84 Å². The third-order valence-electron chi connectivity index (χ3n) is 3.73. The fourth-order valence-electron chi connectivity index (χ4n) is 2.38. The zero-order chi connectivity index (χ0) is 15.3. The van der Waals surface area contributed by atoms with Gasteiger partial charge in [0.25, 0.3) is 5.91 Å². The Balaban J connectivity index is 2.05. The van der Waals surface area contributed by atoms with Crippen molar-refractivity contribution in [3.63, 3.8) is 0 Å². The Bertz CT molecular complexity index is 577. The highest BCUT2D eigenvalue weighted by Gasteiger charge is 2.30. The van der Waals surface area contributed by atoms with E-state index < -0.39 is 0 Å². The SMILES string of the molecule is Cc1ccc(C(=O)NCC2(C)CCCO2)cc1C#CCO. The van der Waals surface area contributed by atoms with Crippen LogP contribution in [0.3, 0.4) is 0 Å². The van der Waals surface area contributed by atoms with Gasteiger partial charge in [-0.25, -0.2) is 0 Å². The maximum Gasteiger partial charge on any atom is 0.251 e. The third kappa shape index (κ3) is 4.07. The van der Waals surface area contributed by atoms with E-state index in [2.05, 4.69) is 17.2 Å². The molecule has 4 nitrogen and oxygen atoms in total. The molecule has 1 amide bonds. The maximum absolute atomic E-state index is 12.2. The van der Waals surface area contributed by atoms with Crippen molar-refractivity contribution in [2.24, 2.45) is 0 Å². The minimum absolute atomic E-state index is 0.126. The number of aliphatic hydroxyl groups excluding tert-OH is 1. The maximum atomic E-state index is 12.2. The summed E-state index contributed by atoms with van der Waals surface area (Å²) >= 11 is 0. The van der Waals surface area contributed by atoms with Crippen molar-refractivity contribution in [3.05, 3.63) is 34.9 Å². The minimum atomic E-state index is -0.250. The van der Waals surface area contributed by atoms with Crippen LogP contribution in [0.4, 0.5) is 0 Å². The molecule has 0 saturated carbocycles. The zero-order valence-electron chi connectivity index (χ0n) is 12.5. The number of hydrogen-bond acceptors (Lipinski definition) is 3. The Morgan fingerprint density at radius 1 is 1.52 bits per heavy atom. The highest BCUT2D eigenvalue weighted by atomic mass is 16.5. The number of nitrogens with one attached hydrogen (secondary N) is 1. The predicted octanol–water partition coefficient (Wildman–Crippen LogP) is 1.64. The van der Waals surface area contributed by atoms with E-state index in [0.717, 1.165) is 30.6 Å². The minimum Gasteiger partial charge on any atom is -0.384 e. The van der Waals surface area contributed by atoms with Crippen molar-refractivity contribution in [1.82, 2.24) is 5.32 Å². The first-order valence-electron chi connectivity index (χ1n) is 7.17. The first-order chi connectivity index (χ1) is 10.0. The molecule has 1 aliphatic heterocycles. The van der Waals surface area contributed by atoms with Gasteiger partial charge in [-0.1, -0.05) is 17.9 Å². The van der Waals surface area contributed by atoms with Crippen LogP contribution in [0.15, 0.2) is 18.2 Å². The average molecular weight is 287 g/mol. The number of carbonyl (C=O) groups excluding carboxylic acids is 1. The van der Waals surface area contributed by atoms with E-state index in [1.165, 1.54) is 0 Å². The van der Waals surface area contributed by atoms with Crippen LogP contribution < -0.4 is 5.32 Å². The third-order valence-corrected chi connectivity index (χ3v) is 3.73. The first kappa shape index (κ1) is 15.6. The molecule has 4 heteroatoms. The summed E-state index contributed by atoms with van der Waals surface area (Å²) in [4.78, 5) is 12.2. The molecule has 0 bridgehead atoms. The number of ether oxygens (including phenoxy) is 1. The average Bonchev–Trinajstić information content (AvgIpc) is 2.91. The number of amides is 1. The predicted molar refractivity (Wildman–Crippen MR) is 81.1 cm³/mol. The standard InChI is InChI=1S/C17H21NO3/c1-13-6-7-15(11-14(13)5-3-9-19)16(20)18-12-17(2)8-4-10-21-17/h6-7,11,19H,4,8-10,12H2,1-2H3,(H,18,20). The molecule has 0 spiro atoms. The van der Waals surface area contributed by atoms with Crippen LogP contribution >= 0.6 is 0 Å². The molecule has 2 rings (SSSR count). The van der Waals surface area contributed by atoms with Crippen LogP contribution in [0.25, 0.3) is 0 Å². The fourth-order valence-corrected chi connectivity index (χ4v) is 2.38. The molecule has 0 radical (unpaired) electrons. The fraction of sp³-hybridized carbons (Fsp3) is 0.471. The molecule has 112 valence electrons. The summed E-state index contributed by atoms with van der Waals surface area (Å²) in [5, 5.41) is 11.7. The quantitative estimate of drug-likeness (QED) is 0.831. The zero-order valence-corrected chi connectivity index (χ0v) is 12.5. The van der Waals surface area contributed by atoms with Gasteiger partial charge in [0.1, 0.15) is 6.61 Å². The lowest BCUT2D eigenvalue weighted by molar-refractivity contribution is 0.0206. The van der Waals surface area contributed by atoms with Gasteiger partial charge < -0.3 is 15.2 Å². The van der Waals surface area contributed by atoms with Gasteiger partial charge in [0, 0.05) is 24.3 Å². The van der Waals surface area contributed by atoms with E-state index in [1.54, 1.807) is 12.1 Å². The lowest BCUT2D eigenvalue weighted by Crippen LogP contribution is -2.40. The van der Waals surface area contributed by atoms with Gasteiger partial charge in [-0.05, 0) is 44.4 Å². The van der Waals surface area contributed by atoms with Crippen molar-refractivity contribution in [1.29, 1.82) is 0 Å². The Labute approximate surface area is 125 Å². The van der Waals surface area contributed by atoms with E-state index in [9.17, 15) is 4.79 Å². The number of aryl methyl sites for hydroxylation is 1. The topological polar surface area (TPSA) is 58.6 Å². The summed E-state index contributed by atoms with van der Waals surface area (Å²) in [5.41, 5.74) is 2.07. The highest BCUT2D eigenvalue weighted by Crippen LogP contribution is 2.24. The summed E-state index contributed by atoms with van der Waals surface area (Å²) in [6.45, 7) is 5.03. The van der Waals surface area contributed by atoms with E-state index in [1.807, 2.05) is 19.9 Å². The van der Waals surface area contributed by atoms with Crippen LogP contribution in [0.1, 0.15) is 41.3 Å². The van der Waals surface area contributed by atoms with Crippen molar-refractivity contribution in [3.8, 4) is 11.8 Å². The number of rotatable bonds is 3. The summed E-state index contributed by atoms with van der Waals surface area (Å²) in [5.74, 6) is 5.34. The summed E-state index contributed by atoms with van der Waals surface area (Å²) in [6.07, 6.45) is 2.01. The van der Waals surface area contributed by atoms with Gasteiger partial charge in [0.15, 0.2) is 0 Å². The highest BCUT2D eigenvalue weighted by molar-refractivity contribution is 5.94. The van der Waals surface area contributed by atoms with Crippen LogP contribution in [0.5, 0.6) is 0 Å². The van der Waals surface area contributed by atoms with Crippen molar-refractivity contribution in [2.75, 3.05) is 19.8 Å². The molecule has 1 aliphatic rings. The molecule has 21 heavy (non-hydrogen) atoms. The summed E-state index contributed by atoms with van der Waals surface area (Å²) in [6, 6.07) is 5.40. The molecule has 1 atom stereocenters. The summed E-state index contributed by atoms with van der Waals surface area (Å²) < 4.78 is 5.66. The molecule has 1 saturated heterocycles. The second-order valence-electron chi connectivity index (χ2n) is 5.57. The van der Waals surface area contributed by atoms with E-state index in [-0.39, 0.29) is 18.1 Å². The normalized spacial score (nSPS) is 20.7. The molecule has 0 aliphatic carbocycles. The second kappa shape index (κ2) is 6.75. The van der Waals surface area contributed by atoms with Gasteiger partial charge >= 0.3 is 0 Å². The largest absolute Gasteiger partial charge is 0.384 e. The Morgan fingerprint density at radius 2 is 2.33 bits per heavy atom. The number of benzene rings is 1. The van der Waals surface area contributed by atoms with Crippen LogP contribution in [-0.2, 0) is 4.74 Å². The molecule has 1 heterocycles. The summed E-state index contributed by atoms with van der Waals surface area (Å²) in [7, 11) is 0. The monoisotopic (exact) mass is 287 g/mol. The Morgan fingerprint density at radius 3 is 3.00 bits per heavy atom. The molecule has 1 aromatic rings. The van der Waals surface area contributed by atoms with Crippen LogP contribution in [0, 0.1) is 18.8 Å². The number of hydrogen-bond donors (Lipinski definition) is 2. The Hall–Kier alpha value is -1.83. The molecule has 1 aromatic carbocycles. The molecular formula is C17H21NO3. The number of aliphatic hydroxyl groups is 1. The van der Waals surface area contributed by atoms with E-state index in [0.29, 0.717) is 12.1 Å². The van der Waals surface area contributed by atoms with Gasteiger partial charge in [-0.15, -0.1) is 0 Å². The van der Waals surface area contributed by atoms with Crippen LogP contribution in [0.2, 0.25) is 0 Å². The van der Waals surface area contributed by atoms with E-state index >= 15 is 0 Å². The van der Waals surface area contributed by atoms with Crippen molar-refractivity contribution >= 4 is 5.91 Å². The Kier molecular flexibility index (Phi) is 5.00. The molecule has 1 unspecified atom stereocenters. The number of carbonyl (C=O) groups is 1. The second-order valence-corrected chi connectivity index (χ2v) is 5.57.